The largest absolute Gasteiger partial charge is 0.480 e. The number of hydrogen-bond acceptors (Lipinski definition) is 2. The molecule has 0 aliphatic carbocycles. The van der Waals surface area contributed by atoms with Crippen molar-refractivity contribution in [1.82, 2.24) is 5.32 Å². The molecule has 2 rings (SSSR count). The van der Waals surface area contributed by atoms with Gasteiger partial charge in [0.15, 0.2) is 0 Å². The lowest BCUT2D eigenvalue weighted by Gasteiger charge is -2.25. The average molecular weight is 269 g/mol. The molecule has 2 N–H and O–H groups in total. The molecule has 1 unspecified atom stereocenters. The standard InChI is InChI=1S/C17H19NO2/c1-13(18-12-16(19)20)17(14-8-4-2-5-9-14)15-10-6-3-7-11-15/h2-11,13,17-18H,12H2,1H3,(H,19,20). The van der Waals surface area contributed by atoms with Crippen LogP contribution in [0.3, 0.4) is 0 Å². The maximum absolute atomic E-state index is 10.7. The predicted molar refractivity (Wildman–Crippen MR) is 79.8 cm³/mol. The number of aliphatic carboxylic acids is 1. The van der Waals surface area contributed by atoms with Crippen LogP contribution in [0.15, 0.2) is 60.7 Å². The van der Waals surface area contributed by atoms with Gasteiger partial charge in [0.1, 0.15) is 0 Å². The number of hydrogen-bond donors (Lipinski definition) is 2. The summed E-state index contributed by atoms with van der Waals surface area (Å²) in [6, 6.07) is 20.4. The smallest absolute Gasteiger partial charge is 0.317 e. The van der Waals surface area contributed by atoms with Gasteiger partial charge in [-0.05, 0) is 18.1 Å². The van der Waals surface area contributed by atoms with Gasteiger partial charge in [-0.3, -0.25) is 4.79 Å². The lowest BCUT2D eigenvalue weighted by atomic mass is 9.86. The van der Waals surface area contributed by atoms with E-state index in [0.29, 0.717) is 0 Å². The zero-order valence-electron chi connectivity index (χ0n) is 11.5. The molecule has 1 atom stereocenters. The molecule has 2 aromatic rings. The third kappa shape index (κ3) is 3.68. The van der Waals surface area contributed by atoms with Gasteiger partial charge >= 0.3 is 5.97 Å². The normalized spacial score (nSPS) is 12.3. The van der Waals surface area contributed by atoms with Gasteiger partial charge in [-0.2, -0.15) is 0 Å². The molecule has 0 amide bonds. The van der Waals surface area contributed by atoms with Gasteiger partial charge in [0.25, 0.3) is 0 Å². The minimum Gasteiger partial charge on any atom is -0.480 e. The minimum atomic E-state index is -0.836. The van der Waals surface area contributed by atoms with E-state index in [0.717, 1.165) is 0 Å². The van der Waals surface area contributed by atoms with Crippen LogP contribution in [0, 0.1) is 0 Å². The Hall–Kier alpha value is -2.13. The summed E-state index contributed by atoms with van der Waals surface area (Å²) in [6.45, 7) is 1.99. The fourth-order valence-electron chi connectivity index (χ4n) is 2.46. The van der Waals surface area contributed by atoms with Crippen LogP contribution in [0.1, 0.15) is 24.0 Å². The van der Waals surface area contributed by atoms with Crippen molar-refractivity contribution in [3.05, 3.63) is 71.8 Å². The first-order valence-electron chi connectivity index (χ1n) is 6.73. The van der Waals surface area contributed by atoms with Crippen LogP contribution in [0.5, 0.6) is 0 Å². The van der Waals surface area contributed by atoms with Crippen molar-refractivity contribution >= 4 is 5.97 Å². The lowest BCUT2D eigenvalue weighted by Crippen LogP contribution is -2.36. The first-order chi connectivity index (χ1) is 9.68. The average Bonchev–Trinajstić information content (AvgIpc) is 2.48. The number of carboxylic acid groups (broad SMARTS) is 1. The van der Waals surface area contributed by atoms with Crippen molar-refractivity contribution in [3.8, 4) is 0 Å². The van der Waals surface area contributed by atoms with E-state index >= 15 is 0 Å². The molecule has 2 aromatic carbocycles. The van der Waals surface area contributed by atoms with Crippen molar-refractivity contribution in [1.29, 1.82) is 0 Å². The van der Waals surface area contributed by atoms with Crippen LogP contribution in [0.2, 0.25) is 0 Å². The molecule has 0 aliphatic heterocycles. The predicted octanol–water partition coefficient (Wildman–Crippen LogP) is 2.88. The highest BCUT2D eigenvalue weighted by Gasteiger charge is 2.21. The van der Waals surface area contributed by atoms with Gasteiger partial charge in [-0.15, -0.1) is 0 Å². The first-order valence-corrected chi connectivity index (χ1v) is 6.73. The van der Waals surface area contributed by atoms with E-state index in [-0.39, 0.29) is 18.5 Å². The molecular formula is C17H19NO2. The highest BCUT2D eigenvalue weighted by atomic mass is 16.4. The third-order valence-electron chi connectivity index (χ3n) is 3.39. The molecule has 0 radical (unpaired) electrons. The second kappa shape index (κ2) is 6.87. The van der Waals surface area contributed by atoms with Crippen LogP contribution >= 0.6 is 0 Å². The molecule has 3 heteroatoms. The summed E-state index contributed by atoms with van der Waals surface area (Å²) in [5.41, 5.74) is 2.37. The summed E-state index contributed by atoms with van der Waals surface area (Å²) in [5, 5.41) is 11.9. The number of nitrogens with one attached hydrogen (secondary N) is 1. The molecule has 0 bridgehead atoms. The molecule has 104 valence electrons. The van der Waals surface area contributed by atoms with E-state index in [2.05, 4.69) is 29.6 Å². The van der Waals surface area contributed by atoms with Gasteiger partial charge in [0.05, 0.1) is 6.54 Å². The van der Waals surface area contributed by atoms with E-state index < -0.39 is 5.97 Å². The Balaban J connectivity index is 2.27. The van der Waals surface area contributed by atoms with Crippen molar-refractivity contribution in [3.63, 3.8) is 0 Å². The Morgan fingerprint density at radius 2 is 1.45 bits per heavy atom. The molecule has 0 aromatic heterocycles. The zero-order chi connectivity index (χ0) is 14.4. The third-order valence-corrected chi connectivity index (χ3v) is 3.39. The van der Waals surface area contributed by atoms with Crippen LogP contribution in [0.25, 0.3) is 0 Å². The monoisotopic (exact) mass is 269 g/mol. The second-order valence-corrected chi connectivity index (χ2v) is 4.86. The van der Waals surface area contributed by atoms with Gasteiger partial charge in [-0.25, -0.2) is 0 Å². The summed E-state index contributed by atoms with van der Waals surface area (Å²) in [4.78, 5) is 10.7. The number of rotatable bonds is 6. The van der Waals surface area contributed by atoms with E-state index in [1.54, 1.807) is 0 Å². The van der Waals surface area contributed by atoms with Crippen molar-refractivity contribution in [2.75, 3.05) is 6.54 Å². The SMILES string of the molecule is CC(NCC(=O)O)C(c1ccccc1)c1ccccc1. The number of carboxylic acids is 1. The van der Waals surface area contributed by atoms with Gasteiger partial charge in [-0.1, -0.05) is 60.7 Å². The molecule has 0 saturated heterocycles. The van der Waals surface area contributed by atoms with Crippen LogP contribution in [-0.4, -0.2) is 23.7 Å². The van der Waals surface area contributed by atoms with E-state index in [4.69, 9.17) is 5.11 Å². The molecule has 0 spiro atoms. The highest BCUT2D eigenvalue weighted by molar-refractivity contribution is 5.69. The van der Waals surface area contributed by atoms with Crippen LogP contribution in [0.4, 0.5) is 0 Å². The lowest BCUT2D eigenvalue weighted by molar-refractivity contribution is -0.136. The summed E-state index contributed by atoms with van der Waals surface area (Å²) < 4.78 is 0. The van der Waals surface area contributed by atoms with Crippen molar-refractivity contribution < 1.29 is 9.90 Å². The molecular weight excluding hydrogens is 250 g/mol. The van der Waals surface area contributed by atoms with Crippen LogP contribution < -0.4 is 5.32 Å². The molecule has 0 fully saturated rings. The highest BCUT2D eigenvalue weighted by Crippen LogP contribution is 2.27. The summed E-state index contributed by atoms with van der Waals surface area (Å²) in [5.74, 6) is -0.700. The topological polar surface area (TPSA) is 49.3 Å². The summed E-state index contributed by atoms with van der Waals surface area (Å²) >= 11 is 0. The molecule has 3 nitrogen and oxygen atoms in total. The Bertz CT molecular complexity index is 500. The molecule has 0 saturated carbocycles. The summed E-state index contributed by atoms with van der Waals surface area (Å²) in [6.07, 6.45) is 0. The fraction of sp³-hybridized carbons (Fsp3) is 0.235. The summed E-state index contributed by atoms with van der Waals surface area (Å²) in [7, 11) is 0. The second-order valence-electron chi connectivity index (χ2n) is 4.86. The Morgan fingerprint density at radius 1 is 1.00 bits per heavy atom. The van der Waals surface area contributed by atoms with E-state index in [9.17, 15) is 4.79 Å². The maximum Gasteiger partial charge on any atom is 0.317 e. The van der Waals surface area contributed by atoms with Crippen LogP contribution in [-0.2, 0) is 4.79 Å². The molecule has 20 heavy (non-hydrogen) atoms. The number of benzene rings is 2. The maximum atomic E-state index is 10.7. The van der Waals surface area contributed by atoms with Crippen molar-refractivity contribution in [2.24, 2.45) is 0 Å². The minimum absolute atomic E-state index is 0.0304. The Kier molecular flexibility index (Phi) is 4.91. The molecule has 0 heterocycles. The van der Waals surface area contributed by atoms with E-state index in [1.807, 2.05) is 43.3 Å². The first kappa shape index (κ1) is 14.3. The van der Waals surface area contributed by atoms with Gasteiger partial charge in [0, 0.05) is 12.0 Å². The van der Waals surface area contributed by atoms with Crippen molar-refractivity contribution in [2.45, 2.75) is 18.9 Å². The Labute approximate surface area is 119 Å². The number of carbonyl (C=O) groups is 1. The zero-order valence-corrected chi connectivity index (χ0v) is 11.5. The quantitative estimate of drug-likeness (QED) is 0.847. The van der Waals surface area contributed by atoms with Gasteiger partial charge in [0.2, 0.25) is 0 Å². The molecule has 0 aliphatic rings. The van der Waals surface area contributed by atoms with E-state index in [1.165, 1.54) is 11.1 Å². The Morgan fingerprint density at radius 3 is 1.85 bits per heavy atom. The fourth-order valence-corrected chi connectivity index (χ4v) is 2.46. The van der Waals surface area contributed by atoms with Gasteiger partial charge < -0.3 is 10.4 Å².